The summed E-state index contributed by atoms with van der Waals surface area (Å²) in [5.74, 6) is -2.50. The van der Waals surface area contributed by atoms with Crippen molar-refractivity contribution in [1.29, 1.82) is 0 Å². The summed E-state index contributed by atoms with van der Waals surface area (Å²) in [7, 11) is -6.98. The van der Waals surface area contributed by atoms with Gasteiger partial charge in [0.1, 0.15) is 21.3 Å². The van der Waals surface area contributed by atoms with Crippen LogP contribution in [-0.4, -0.2) is 57.4 Å². The van der Waals surface area contributed by atoms with Crippen molar-refractivity contribution in [1.82, 2.24) is 4.98 Å². The number of hydrogen-bond acceptors (Lipinski definition) is 13. The lowest BCUT2D eigenvalue weighted by molar-refractivity contribution is -0.384. The van der Waals surface area contributed by atoms with Crippen LogP contribution in [0.25, 0.3) is 0 Å². The Hall–Kier alpha value is -5.07. The number of nitrogens with zero attached hydrogens (tertiary/aromatic N) is 2. The van der Waals surface area contributed by atoms with Crippen molar-refractivity contribution in [3.05, 3.63) is 88.6 Å². The molecule has 1 amide bonds. The summed E-state index contributed by atoms with van der Waals surface area (Å²) in [4.78, 5) is 38.2. The summed E-state index contributed by atoms with van der Waals surface area (Å²) in [6, 6.07) is 13.3. The molecule has 0 unspecified atom stereocenters. The van der Waals surface area contributed by atoms with Crippen molar-refractivity contribution >= 4 is 59.6 Å². The Kier molecular flexibility index (Phi) is 8.93. The maximum atomic E-state index is 12.9. The number of non-ortho nitro benzene ring substituents is 1. The van der Waals surface area contributed by atoms with Gasteiger partial charge in [-0.3, -0.25) is 24.9 Å². The number of nitro benzene ring substituents is 1. The molecule has 4 aromatic rings. The number of nitrogens with one attached hydrogen (secondary N) is 2. The number of phenolic OH excluding ortho intramolecular Hbond substituents is 1. The van der Waals surface area contributed by atoms with Gasteiger partial charge in [-0.25, -0.2) is 26.6 Å². The van der Waals surface area contributed by atoms with Gasteiger partial charge in [0.05, 0.1) is 33.7 Å². The first-order valence-electron chi connectivity index (χ1n) is 11.7. The molecule has 1 heterocycles. The SMILES string of the molecule is COc1ccccc1NS(=O)(=O)c1ccc(O)c(C(=O)OCC(=O)Nc2ncc(S(=O)(=O)c3ccc([N+](=O)[O-])cc3)s2)c1. The first-order chi connectivity index (χ1) is 20.3. The number of carbonyl (C=O) groups is 2. The number of esters is 1. The number of thiazole rings is 1. The topological polar surface area (TPSA) is 221 Å². The van der Waals surface area contributed by atoms with Gasteiger partial charge in [-0.05, 0) is 42.5 Å². The summed E-state index contributed by atoms with van der Waals surface area (Å²) in [6.45, 7) is -0.890. The molecule has 18 heteroatoms. The van der Waals surface area contributed by atoms with Crippen molar-refractivity contribution in [2.75, 3.05) is 23.8 Å². The third-order valence-corrected chi connectivity index (χ3v) is 10.0. The third-order valence-electron chi connectivity index (χ3n) is 5.54. The number of methoxy groups -OCH3 is 1. The van der Waals surface area contributed by atoms with Gasteiger partial charge in [-0.2, -0.15) is 0 Å². The Bertz CT molecular complexity index is 1920. The van der Waals surface area contributed by atoms with Gasteiger partial charge in [0.25, 0.3) is 21.6 Å². The number of para-hydroxylation sites is 2. The normalized spacial score (nSPS) is 11.4. The van der Waals surface area contributed by atoms with Gasteiger partial charge in [0, 0.05) is 12.1 Å². The molecular weight excluding hydrogens is 628 g/mol. The zero-order chi connectivity index (χ0) is 31.4. The maximum absolute atomic E-state index is 12.9. The molecule has 43 heavy (non-hydrogen) atoms. The Morgan fingerprint density at radius 2 is 1.70 bits per heavy atom. The number of rotatable bonds is 11. The van der Waals surface area contributed by atoms with Crippen LogP contribution in [0.3, 0.4) is 0 Å². The number of aromatic hydroxyl groups is 1. The Morgan fingerprint density at radius 3 is 2.37 bits per heavy atom. The molecule has 0 aliphatic rings. The van der Waals surface area contributed by atoms with Gasteiger partial charge >= 0.3 is 5.97 Å². The van der Waals surface area contributed by atoms with Crippen LogP contribution >= 0.6 is 11.3 Å². The fourth-order valence-electron chi connectivity index (χ4n) is 3.45. The summed E-state index contributed by atoms with van der Waals surface area (Å²) in [5.41, 5.74) is -0.705. The lowest BCUT2D eigenvalue weighted by Crippen LogP contribution is -2.21. The number of phenols is 1. The molecule has 0 aliphatic heterocycles. The molecular formula is C25H20N4O11S3. The van der Waals surface area contributed by atoms with Crippen molar-refractivity contribution in [2.45, 2.75) is 14.0 Å². The zero-order valence-corrected chi connectivity index (χ0v) is 24.2. The number of sulfone groups is 1. The monoisotopic (exact) mass is 648 g/mol. The van der Waals surface area contributed by atoms with E-state index in [1.165, 1.54) is 19.2 Å². The average molecular weight is 649 g/mol. The number of nitro groups is 1. The number of aromatic nitrogens is 1. The summed E-state index contributed by atoms with van der Waals surface area (Å²) >= 11 is 0.587. The highest BCUT2D eigenvalue weighted by Gasteiger charge is 2.24. The van der Waals surface area contributed by atoms with E-state index in [9.17, 15) is 41.6 Å². The lowest BCUT2D eigenvalue weighted by atomic mass is 10.2. The Labute approximate surface area is 247 Å². The highest BCUT2D eigenvalue weighted by atomic mass is 32.2. The second-order valence-electron chi connectivity index (χ2n) is 8.35. The molecule has 3 N–H and O–H groups in total. The van der Waals surface area contributed by atoms with Crippen LogP contribution in [0, 0.1) is 10.1 Å². The Balaban J connectivity index is 1.40. The number of amides is 1. The molecule has 0 bridgehead atoms. The van der Waals surface area contributed by atoms with Crippen LogP contribution in [-0.2, 0) is 29.4 Å². The van der Waals surface area contributed by atoms with Crippen LogP contribution < -0.4 is 14.8 Å². The van der Waals surface area contributed by atoms with E-state index in [-0.39, 0.29) is 31.4 Å². The molecule has 4 rings (SSSR count). The number of benzene rings is 3. The van der Waals surface area contributed by atoms with E-state index in [0.29, 0.717) is 11.3 Å². The summed E-state index contributed by atoms with van der Waals surface area (Å²) in [6.07, 6.45) is 0.978. The minimum atomic E-state index is -4.24. The van der Waals surface area contributed by atoms with Crippen LogP contribution in [0.5, 0.6) is 11.5 Å². The quantitative estimate of drug-likeness (QED) is 0.121. The molecule has 224 valence electrons. The fourth-order valence-corrected chi connectivity index (χ4v) is 6.99. The molecule has 0 saturated heterocycles. The number of anilines is 2. The number of carbonyl (C=O) groups excluding carboxylic acids is 2. The maximum Gasteiger partial charge on any atom is 0.342 e. The fraction of sp³-hybridized carbons (Fsp3) is 0.0800. The minimum absolute atomic E-state index is 0.129. The van der Waals surface area contributed by atoms with Crippen molar-refractivity contribution in [2.24, 2.45) is 0 Å². The van der Waals surface area contributed by atoms with Crippen LogP contribution in [0.4, 0.5) is 16.5 Å². The number of sulfonamides is 1. The Morgan fingerprint density at radius 1 is 1.02 bits per heavy atom. The molecule has 0 saturated carbocycles. The molecule has 0 radical (unpaired) electrons. The number of ether oxygens (including phenoxy) is 2. The van der Waals surface area contributed by atoms with E-state index >= 15 is 0 Å². The van der Waals surface area contributed by atoms with Gasteiger partial charge in [0.2, 0.25) is 9.84 Å². The minimum Gasteiger partial charge on any atom is -0.507 e. The van der Waals surface area contributed by atoms with Gasteiger partial charge in [-0.15, -0.1) is 0 Å². The number of hydrogen-bond donors (Lipinski definition) is 3. The summed E-state index contributed by atoms with van der Waals surface area (Å²) < 4.78 is 63.4. The first kappa shape index (κ1) is 30.9. The first-order valence-corrected chi connectivity index (χ1v) is 15.5. The van der Waals surface area contributed by atoms with E-state index in [1.807, 2.05) is 0 Å². The second kappa shape index (κ2) is 12.4. The van der Waals surface area contributed by atoms with Crippen LogP contribution in [0.1, 0.15) is 10.4 Å². The van der Waals surface area contributed by atoms with Crippen LogP contribution in [0.2, 0.25) is 0 Å². The van der Waals surface area contributed by atoms with E-state index in [0.717, 1.165) is 48.7 Å². The van der Waals surface area contributed by atoms with E-state index < -0.39 is 59.5 Å². The zero-order valence-electron chi connectivity index (χ0n) is 21.8. The molecule has 1 aromatic heterocycles. The van der Waals surface area contributed by atoms with Gasteiger partial charge in [-0.1, -0.05) is 23.5 Å². The van der Waals surface area contributed by atoms with Crippen molar-refractivity contribution in [3.8, 4) is 11.5 Å². The van der Waals surface area contributed by atoms with Gasteiger partial charge in [0.15, 0.2) is 11.7 Å². The molecule has 0 atom stereocenters. The van der Waals surface area contributed by atoms with E-state index in [1.54, 1.807) is 12.1 Å². The molecule has 0 spiro atoms. The van der Waals surface area contributed by atoms with Crippen molar-refractivity contribution in [3.63, 3.8) is 0 Å². The largest absolute Gasteiger partial charge is 0.507 e. The smallest absolute Gasteiger partial charge is 0.342 e. The molecule has 0 aliphatic carbocycles. The molecule has 0 fully saturated rings. The summed E-state index contributed by atoms with van der Waals surface area (Å²) in [5, 5.41) is 23.0. The highest BCUT2D eigenvalue weighted by Crippen LogP contribution is 2.30. The predicted molar refractivity (Wildman–Crippen MR) is 151 cm³/mol. The standard InChI is InChI=1S/C25H20N4O11S3/c1-39-21-5-3-2-4-19(21)28-43(37,38)17-10-11-20(30)18(12-17)24(32)40-14-22(31)27-25-26-13-23(41-25)42(35,36)16-8-6-15(7-9-16)29(33)34/h2-13,28,30H,14H2,1H3,(H,26,27,31). The van der Waals surface area contributed by atoms with E-state index in [4.69, 9.17) is 9.47 Å². The van der Waals surface area contributed by atoms with Gasteiger partial charge < -0.3 is 14.6 Å². The third kappa shape index (κ3) is 7.05. The highest BCUT2D eigenvalue weighted by molar-refractivity contribution is 7.93. The van der Waals surface area contributed by atoms with Crippen LogP contribution in [0.15, 0.2) is 86.9 Å². The van der Waals surface area contributed by atoms with Crippen molar-refractivity contribution < 1.29 is 45.9 Å². The second-order valence-corrected chi connectivity index (χ2v) is 13.2. The lowest BCUT2D eigenvalue weighted by Gasteiger charge is -2.13. The molecule has 15 nitrogen and oxygen atoms in total. The van der Waals surface area contributed by atoms with E-state index in [2.05, 4.69) is 15.0 Å². The molecule has 3 aromatic carbocycles. The average Bonchev–Trinajstić information content (AvgIpc) is 3.45. The predicted octanol–water partition coefficient (Wildman–Crippen LogP) is 3.19.